The van der Waals surface area contributed by atoms with E-state index in [1.165, 1.54) is 0 Å². The number of hydrogen-bond donors (Lipinski definition) is 4. The standard InChI is InChI=1S/C9H23N5OP2/c1-9(2,16)14-5(4-13-8(11)12)6(15)7(10)17-3/h5,7,14,17H,4,10,16H2,1-3H3,(H4,11,12,13). The fourth-order valence-corrected chi connectivity index (χ4v) is 1.90. The Bertz CT molecular complexity index is 286. The molecule has 0 aromatic heterocycles. The second-order valence-electron chi connectivity index (χ2n) is 4.35. The van der Waals surface area contributed by atoms with Gasteiger partial charge in [-0.3, -0.25) is 15.1 Å². The highest BCUT2D eigenvalue weighted by Crippen LogP contribution is 2.16. The van der Waals surface area contributed by atoms with Crippen molar-refractivity contribution >= 4 is 29.6 Å². The van der Waals surface area contributed by atoms with E-state index in [4.69, 9.17) is 17.2 Å². The van der Waals surface area contributed by atoms with E-state index in [0.717, 1.165) is 0 Å². The number of rotatable bonds is 7. The first-order valence-corrected chi connectivity index (χ1v) is 7.41. The van der Waals surface area contributed by atoms with E-state index in [1.54, 1.807) is 0 Å². The van der Waals surface area contributed by atoms with Crippen molar-refractivity contribution < 1.29 is 4.79 Å². The van der Waals surface area contributed by atoms with Crippen LogP contribution in [0, 0.1) is 0 Å². The topological polar surface area (TPSA) is 120 Å². The number of Topliss-reactive ketones (excluding diaryl/α,β-unsaturated/α-hetero) is 1. The number of ketones is 1. The molecule has 0 aromatic rings. The molecule has 0 fully saturated rings. The number of nitrogens with zero attached hydrogens (tertiary/aromatic N) is 1. The lowest BCUT2D eigenvalue weighted by atomic mass is 10.1. The summed E-state index contributed by atoms with van der Waals surface area (Å²) in [6.07, 6.45) is 0. The number of carbonyl (C=O) groups excluding carboxylic acids is 1. The highest BCUT2D eigenvalue weighted by atomic mass is 31.1. The molecule has 0 saturated carbocycles. The Morgan fingerprint density at radius 1 is 1.53 bits per heavy atom. The van der Waals surface area contributed by atoms with Crippen molar-refractivity contribution in [1.29, 1.82) is 0 Å². The molecular weight excluding hydrogens is 256 g/mol. The van der Waals surface area contributed by atoms with Gasteiger partial charge in [-0.15, -0.1) is 9.24 Å². The van der Waals surface area contributed by atoms with Crippen molar-refractivity contribution in [1.82, 2.24) is 5.32 Å². The number of aliphatic imine (C=N–C) groups is 1. The SMILES string of the molecule is CPC(N)C(=O)C(CN=C(N)N)NC(C)(C)P. The van der Waals surface area contributed by atoms with Crippen molar-refractivity contribution in [3.63, 3.8) is 0 Å². The van der Waals surface area contributed by atoms with Crippen LogP contribution in [0.4, 0.5) is 0 Å². The maximum atomic E-state index is 12.0. The number of guanidine groups is 1. The van der Waals surface area contributed by atoms with Crippen molar-refractivity contribution in [2.24, 2.45) is 22.2 Å². The van der Waals surface area contributed by atoms with Crippen molar-refractivity contribution in [2.75, 3.05) is 13.2 Å². The molecule has 0 aromatic carbocycles. The van der Waals surface area contributed by atoms with Crippen LogP contribution >= 0.6 is 17.8 Å². The molecule has 17 heavy (non-hydrogen) atoms. The molecule has 8 heteroatoms. The lowest BCUT2D eigenvalue weighted by Gasteiger charge is -2.28. The van der Waals surface area contributed by atoms with Gasteiger partial charge in [-0.2, -0.15) is 0 Å². The van der Waals surface area contributed by atoms with Gasteiger partial charge in [0, 0.05) is 5.28 Å². The van der Waals surface area contributed by atoms with E-state index in [9.17, 15) is 4.79 Å². The second-order valence-corrected chi connectivity index (χ2v) is 7.00. The molecule has 0 spiro atoms. The van der Waals surface area contributed by atoms with Gasteiger partial charge in [0.25, 0.3) is 0 Å². The van der Waals surface area contributed by atoms with Crippen LogP contribution in [0.3, 0.4) is 0 Å². The summed E-state index contributed by atoms with van der Waals surface area (Å²) in [5.74, 6) is -0.556. The van der Waals surface area contributed by atoms with E-state index >= 15 is 0 Å². The highest BCUT2D eigenvalue weighted by Gasteiger charge is 2.26. The van der Waals surface area contributed by atoms with E-state index < -0.39 is 11.8 Å². The third-order valence-electron chi connectivity index (χ3n) is 1.96. The maximum Gasteiger partial charge on any atom is 0.185 e. The van der Waals surface area contributed by atoms with Gasteiger partial charge in [0.15, 0.2) is 11.7 Å². The molecule has 0 bridgehead atoms. The molecule has 0 aliphatic rings. The maximum absolute atomic E-state index is 12.0. The van der Waals surface area contributed by atoms with Gasteiger partial charge in [0.2, 0.25) is 0 Å². The number of carbonyl (C=O) groups is 1. The van der Waals surface area contributed by atoms with Gasteiger partial charge in [0.05, 0.1) is 18.4 Å². The Labute approximate surface area is 107 Å². The van der Waals surface area contributed by atoms with Crippen LogP contribution in [-0.4, -0.2) is 42.1 Å². The Hall–Kier alpha value is -0.280. The van der Waals surface area contributed by atoms with Crippen LogP contribution in [0.5, 0.6) is 0 Å². The molecular formula is C9H23N5OP2. The summed E-state index contributed by atoms with van der Waals surface area (Å²) in [6.45, 7) is 5.98. The Kier molecular flexibility index (Phi) is 7.10. The third-order valence-corrected chi connectivity index (χ3v) is 3.04. The summed E-state index contributed by atoms with van der Waals surface area (Å²) in [6, 6.07) is -0.466. The smallest absolute Gasteiger partial charge is 0.185 e. The van der Waals surface area contributed by atoms with Gasteiger partial charge < -0.3 is 17.2 Å². The summed E-state index contributed by atoms with van der Waals surface area (Å²) < 4.78 is 0. The summed E-state index contributed by atoms with van der Waals surface area (Å²) in [4.78, 5) is 15.9. The van der Waals surface area contributed by atoms with E-state index in [2.05, 4.69) is 19.5 Å². The quantitative estimate of drug-likeness (QED) is 0.270. The van der Waals surface area contributed by atoms with Gasteiger partial charge in [-0.1, -0.05) is 8.58 Å². The number of nitrogens with two attached hydrogens (primary N) is 3. The van der Waals surface area contributed by atoms with Crippen LogP contribution in [0.25, 0.3) is 0 Å². The molecule has 0 aliphatic heterocycles. The van der Waals surface area contributed by atoms with Crippen LogP contribution in [-0.2, 0) is 4.79 Å². The second kappa shape index (κ2) is 7.22. The number of hydrogen-bond acceptors (Lipinski definition) is 4. The van der Waals surface area contributed by atoms with E-state index in [-0.39, 0.29) is 23.6 Å². The molecule has 0 heterocycles. The number of nitrogens with one attached hydrogen (secondary N) is 1. The molecule has 100 valence electrons. The minimum atomic E-state index is -0.466. The lowest BCUT2D eigenvalue weighted by Crippen LogP contribution is -2.52. The largest absolute Gasteiger partial charge is 0.370 e. The zero-order valence-corrected chi connectivity index (χ0v) is 12.7. The van der Waals surface area contributed by atoms with Crippen LogP contribution in [0.15, 0.2) is 4.99 Å². The van der Waals surface area contributed by atoms with Crippen molar-refractivity contribution in [3.8, 4) is 0 Å². The van der Waals surface area contributed by atoms with E-state index in [0.29, 0.717) is 8.58 Å². The molecule has 0 radical (unpaired) electrons. The zero-order chi connectivity index (χ0) is 13.6. The first-order valence-electron chi connectivity index (χ1n) is 5.26. The van der Waals surface area contributed by atoms with Gasteiger partial charge in [-0.05, 0) is 20.5 Å². The summed E-state index contributed by atoms with van der Waals surface area (Å²) >= 11 is 0. The molecule has 4 unspecified atom stereocenters. The molecule has 4 atom stereocenters. The average Bonchev–Trinajstić information content (AvgIpc) is 2.20. The molecule has 6 nitrogen and oxygen atoms in total. The lowest BCUT2D eigenvalue weighted by molar-refractivity contribution is -0.120. The normalized spacial score (nSPS) is 15.8. The Morgan fingerprint density at radius 3 is 2.41 bits per heavy atom. The van der Waals surface area contributed by atoms with Crippen LogP contribution in [0.1, 0.15) is 13.8 Å². The molecule has 0 aliphatic carbocycles. The predicted octanol–water partition coefficient (Wildman–Crippen LogP) is -1.01. The van der Waals surface area contributed by atoms with Crippen molar-refractivity contribution in [3.05, 3.63) is 0 Å². The van der Waals surface area contributed by atoms with Gasteiger partial charge >= 0.3 is 0 Å². The Morgan fingerprint density at radius 2 is 2.06 bits per heavy atom. The first kappa shape index (κ1) is 16.7. The van der Waals surface area contributed by atoms with Gasteiger partial charge in [0.1, 0.15) is 0 Å². The van der Waals surface area contributed by atoms with E-state index in [1.807, 2.05) is 20.5 Å². The molecule has 7 N–H and O–H groups in total. The fourth-order valence-electron chi connectivity index (χ4n) is 1.21. The summed E-state index contributed by atoms with van der Waals surface area (Å²) in [5.41, 5.74) is 16.3. The highest BCUT2D eigenvalue weighted by molar-refractivity contribution is 7.39. The Balaban J connectivity index is 4.73. The molecule has 0 rings (SSSR count). The predicted molar refractivity (Wildman–Crippen MR) is 78.6 cm³/mol. The monoisotopic (exact) mass is 279 g/mol. The zero-order valence-electron chi connectivity index (χ0n) is 10.5. The average molecular weight is 279 g/mol. The fraction of sp³-hybridized carbons (Fsp3) is 0.778. The minimum Gasteiger partial charge on any atom is -0.370 e. The summed E-state index contributed by atoms with van der Waals surface area (Å²) in [5, 5.41) is 2.86. The van der Waals surface area contributed by atoms with Gasteiger partial charge in [-0.25, -0.2) is 0 Å². The van der Waals surface area contributed by atoms with Crippen LogP contribution < -0.4 is 22.5 Å². The van der Waals surface area contributed by atoms with Crippen LogP contribution in [0.2, 0.25) is 0 Å². The molecule has 0 amide bonds. The third kappa shape index (κ3) is 7.61. The first-order chi connectivity index (χ1) is 7.67. The minimum absolute atomic E-state index is 0.0290. The summed E-state index contributed by atoms with van der Waals surface area (Å²) in [7, 11) is 2.97. The van der Waals surface area contributed by atoms with Crippen molar-refractivity contribution in [2.45, 2.75) is 31.0 Å². The molecule has 0 saturated heterocycles.